The van der Waals surface area contributed by atoms with Gasteiger partial charge in [0.2, 0.25) is 0 Å². The Morgan fingerprint density at radius 1 is 0.881 bits per heavy atom. The number of imidazole rings is 2. The number of aromatic amines is 1. The lowest BCUT2D eigenvalue weighted by Crippen LogP contribution is -2.36. The lowest BCUT2D eigenvalue weighted by Gasteiger charge is -2.29. The van der Waals surface area contributed by atoms with Gasteiger partial charge < -0.3 is 19.8 Å². The molecular weight excluding hydrogens is 823 g/mol. The van der Waals surface area contributed by atoms with Crippen molar-refractivity contribution in [2.45, 2.75) is 62.3 Å². The topological polar surface area (TPSA) is 292 Å². The van der Waals surface area contributed by atoms with E-state index in [2.05, 4.69) is 35.2 Å². The molecule has 1 aromatic carbocycles. The molecule has 1 amide bonds. The van der Waals surface area contributed by atoms with E-state index in [1.54, 1.807) is 30.3 Å². The number of aromatic nitrogens is 8. The first kappa shape index (κ1) is 40.4. The minimum atomic E-state index is -4.80. The van der Waals surface area contributed by atoms with Gasteiger partial charge >= 0.3 is 15.6 Å². The first-order chi connectivity index (χ1) is 28.6. The fourth-order valence-electron chi connectivity index (χ4n) is 6.53. The van der Waals surface area contributed by atoms with Gasteiger partial charge in [-0.3, -0.25) is 45.9 Å². The van der Waals surface area contributed by atoms with Crippen molar-refractivity contribution in [2.75, 3.05) is 31.7 Å². The second kappa shape index (κ2) is 17.1. The fraction of sp³-hybridized carbons (Fsp3) is 0.424. The van der Waals surface area contributed by atoms with Gasteiger partial charge in [-0.2, -0.15) is 10.5 Å². The summed E-state index contributed by atoms with van der Waals surface area (Å²) in [6.07, 6.45) is -6.30. The van der Waals surface area contributed by atoms with Crippen molar-refractivity contribution in [3.63, 3.8) is 0 Å². The van der Waals surface area contributed by atoms with Gasteiger partial charge in [-0.15, -0.1) is 0 Å². The van der Waals surface area contributed by atoms with Crippen molar-refractivity contribution >= 4 is 49.7 Å². The number of benzene rings is 1. The van der Waals surface area contributed by atoms with E-state index in [-0.39, 0.29) is 47.4 Å². The molecule has 308 valence electrons. The highest BCUT2D eigenvalue weighted by Gasteiger charge is 2.54. The molecule has 0 saturated carbocycles. The van der Waals surface area contributed by atoms with Crippen LogP contribution in [0, 0.1) is 22.7 Å². The number of nitrogens with one attached hydrogen (secondary N) is 2. The number of ether oxygens (including phenoxy) is 2. The number of alkyl halides is 1. The van der Waals surface area contributed by atoms with E-state index >= 15 is 4.39 Å². The molecule has 26 heteroatoms. The summed E-state index contributed by atoms with van der Waals surface area (Å²) in [5.41, 5.74) is 0.0293. The molecule has 8 rings (SSSR count). The third-order valence-corrected chi connectivity index (χ3v) is 12.2. The number of fused-ring (bicyclic) bond motifs is 4. The van der Waals surface area contributed by atoms with Crippen molar-refractivity contribution in [3.8, 4) is 12.1 Å². The van der Waals surface area contributed by atoms with Crippen LogP contribution in [-0.4, -0.2) is 102 Å². The minimum Gasteiger partial charge on any atom is -0.349 e. The van der Waals surface area contributed by atoms with Gasteiger partial charge in [-0.25, -0.2) is 38.4 Å². The number of hydrogen-bond donors (Lipinski definition) is 2. The van der Waals surface area contributed by atoms with Crippen LogP contribution in [0.3, 0.4) is 0 Å². The number of H-pyrrole nitrogens is 1. The number of carbonyl (C=O) groups is 1. The summed E-state index contributed by atoms with van der Waals surface area (Å²) in [5.74, 6) is -0.334. The highest BCUT2D eigenvalue weighted by Crippen LogP contribution is 2.58. The average molecular weight is 856 g/mol. The number of phosphoric acid groups is 2. The molecule has 5 aromatic rings. The summed E-state index contributed by atoms with van der Waals surface area (Å²) in [7, 11) is -9.48. The number of carbonyl (C=O) groups excluding carboxylic acids is 1. The van der Waals surface area contributed by atoms with Crippen LogP contribution in [-0.2, 0) is 45.7 Å². The molecule has 6 unspecified atom stereocenters. The van der Waals surface area contributed by atoms with Gasteiger partial charge in [0.15, 0.2) is 40.5 Å². The third kappa shape index (κ3) is 8.42. The molecule has 0 bridgehead atoms. The summed E-state index contributed by atoms with van der Waals surface area (Å²) < 4.78 is 94.3. The average Bonchev–Trinajstić information content (AvgIpc) is 4.02. The Hall–Kier alpha value is -5.36. The van der Waals surface area contributed by atoms with E-state index in [9.17, 15) is 24.0 Å². The maximum atomic E-state index is 16.6. The predicted octanol–water partition coefficient (Wildman–Crippen LogP) is 3.63. The van der Waals surface area contributed by atoms with E-state index in [1.807, 2.05) is 12.1 Å². The number of hydrogen-bond acceptors (Lipinski definition) is 19. The summed E-state index contributed by atoms with van der Waals surface area (Å²) in [6.45, 7) is -2.23. The smallest absolute Gasteiger partial charge is 0.349 e. The first-order valence-corrected chi connectivity index (χ1v) is 20.8. The van der Waals surface area contributed by atoms with Crippen LogP contribution < -0.4 is 10.9 Å². The highest BCUT2D eigenvalue weighted by molar-refractivity contribution is 7.48. The zero-order valence-electron chi connectivity index (χ0n) is 30.4. The number of amides is 1. The molecule has 23 nitrogen and oxygen atoms in total. The Labute approximate surface area is 331 Å². The molecule has 3 aliphatic heterocycles. The second-order valence-electron chi connectivity index (χ2n) is 13.0. The second-order valence-corrected chi connectivity index (χ2v) is 16.2. The molecule has 0 aliphatic carbocycles. The van der Waals surface area contributed by atoms with E-state index < -0.39 is 96.6 Å². The lowest BCUT2D eigenvalue weighted by molar-refractivity contribution is -0.0703. The van der Waals surface area contributed by atoms with E-state index in [0.717, 1.165) is 17.2 Å². The van der Waals surface area contributed by atoms with Crippen LogP contribution >= 0.6 is 15.6 Å². The van der Waals surface area contributed by atoms with Crippen molar-refractivity contribution in [1.29, 1.82) is 10.5 Å². The fourth-order valence-corrected chi connectivity index (χ4v) is 9.31. The molecule has 4 aromatic heterocycles. The maximum Gasteiger partial charge on any atom is 0.475 e. The Balaban J connectivity index is 1.09. The van der Waals surface area contributed by atoms with E-state index in [1.165, 1.54) is 17.2 Å². The van der Waals surface area contributed by atoms with Gasteiger partial charge in [0.05, 0.1) is 70.4 Å². The van der Waals surface area contributed by atoms with Gasteiger partial charge in [-0.05, 0) is 12.1 Å². The van der Waals surface area contributed by atoms with Gasteiger partial charge in [0.1, 0.15) is 37.0 Å². The Bertz CT molecular complexity index is 2580. The van der Waals surface area contributed by atoms with E-state index in [4.69, 9.17) is 41.9 Å². The van der Waals surface area contributed by atoms with Crippen LogP contribution in [0.1, 0.15) is 42.1 Å². The molecule has 3 saturated heterocycles. The van der Waals surface area contributed by atoms with Crippen LogP contribution in [0.25, 0.3) is 22.3 Å². The Kier molecular flexibility index (Phi) is 11.7. The van der Waals surface area contributed by atoms with Crippen LogP contribution in [0.15, 0.2) is 60.4 Å². The molecule has 3 fully saturated rings. The van der Waals surface area contributed by atoms with Crippen molar-refractivity contribution < 1.29 is 54.9 Å². The highest BCUT2D eigenvalue weighted by atomic mass is 31.2. The number of nitrogens with zero attached hydrogens (tertiary/aromatic N) is 9. The number of anilines is 1. The number of rotatable bonds is 10. The third-order valence-electron chi connectivity index (χ3n) is 9.26. The monoisotopic (exact) mass is 855 g/mol. The number of phosphoric ester groups is 2. The standard InChI is InChI=1S/C33H32FN11O12P2/c34-24-27-22(55-33(24)45-18-42-26-30(45)39-16-40-32(26)47)14-53-58(48,50-10-4-8-35)56-20-12-23(54-21(20)13-52-59(49,57-27)51-11-5-9-36)44-17-41-25-28(37-15-38-29(25)44)43-31(46)19-6-2-1-3-7-19/h1-3,6-7,15-18,20-24,27,33H,4-5,10-14H2,(H,39,40,47)(H,37,38,43,46)/t20-,21?,22?,23?,24+,27+,33?,58?,59?/m0/s1. The molecular formula is C33H32FN11O12P2. The van der Waals surface area contributed by atoms with Crippen molar-refractivity contribution in [1.82, 2.24) is 39.0 Å². The normalized spacial score (nSPS) is 29.8. The molecule has 0 radical (unpaired) electrons. The lowest BCUT2D eigenvalue weighted by atomic mass is 10.1. The Morgan fingerprint density at radius 2 is 1.56 bits per heavy atom. The first-order valence-electron chi connectivity index (χ1n) is 17.9. The van der Waals surface area contributed by atoms with Crippen molar-refractivity contribution in [2.24, 2.45) is 0 Å². The van der Waals surface area contributed by atoms with Crippen LogP contribution in [0.4, 0.5) is 10.2 Å². The Morgan fingerprint density at radius 3 is 2.31 bits per heavy atom. The summed E-state index contributed by atoms with van der Waals surface area (Å²) in [4.78, 5) is 48.6. The molecule has 9 atom stereocenters. The SMILES string of the molecule is N#CCCOP1(=O)OCC2OC(n3cnc4c(=O)[nH]cnc43)[C@H](F)[C@@H]2OP(=O)(OCCC#N)OCC2OC(n3cnc4c(NC(=O)c5ccccc5)ncnc43)C[C@@H]2O1. The number of halogens is 1. The van der Waals surface area contributed by atoms with E-state index in [0.29, 0.717) is 5.56 Å². The van der Waals surface area contributed by atoms with Gasteiger partial charge in [-0.1, -0.05) is 18.2 Å². The molecule has 3 aliphatic rings. The van der Waals surface area contributed by atoms with Gasteiger partial charge in [0, 0.05) is 12.0 Å². The van der Waals surface area contributed by atoms with Crippen LogP contribution in [0.2, 0.25) is 0 Å². The summed E-state index contributed by atoms with van der Waals surface area (Å²) >= 11 is 0. The quantitative estimate of drug-likeness (QED) is 0.150. The molecule has 2 N–H and O–H groups in total. The largest absolute Gasteiger partial charge is 0.475 e. The number of nitriles is 2. The zero-order chi connectivity index (χ0) is 41.1. The zero-order valence-corrected chi connectivity index (χ0v) is 32.2. The summed E-state index contributed by atoms with van der Waals surface area (Å²) in [6, 6.07) is 12.2. The predicted molar refractivity (Wildman–Crippen MR) is 194 cm³/mol. The molecule has 0 spiro atoms. The van der Waals surface area contributed by atoms with Crippen LogP contribution in [0.5, 0.6) is 0 Å². The molecule has 7 heterocycles. The summed E-state index contributed by atoms with van der Waals surface area (Å²) in [5, 5.41) is 21.1. The molecule has 59 heavy (non-hydrogen) atoms. The van der Waals surface area contributed by atoms with Crippen molar-refractivity contribution in [3.05, 3.63) is 71.6 Å². The maximum absolute atomic E-state index is 16.6. The minimum absolute atomic E-state index is 0.0528. The van der Waals surface area contributed by atoms with Gasteiger partial charge in [0.25, 0.3) is 11.5 Å².